The van der Waals surface area contributed by atoms with Crippen molar-refractivity contribution in [2.45, 2.75) is 5.92 Å². The lowest BCUT2D eigenvalue weighted by Crippen LogP contribution is -2.13. The minimum absolute atomic E-state index is 0.116. The van der Waals surface area contributed by atoms with E-state index >= 15 is 0 Å². The number of anilines is 1. The summed E-state index contributed by atoms with van der Waals surface area (Å²) in [5.41, 5.74) is 0.545. The van der Waals surface area contributed by atoms with Crippen LogP contribution in [0, 0.1) is 5.82 Å². The fourth-order valence-corrected chi connectivity index (χ4v) is 2.19. The quantitative estimate of drug-likeness (QED) is 0.813. The average Bonchev–Trinajstić information content (AvgIpc) is 2.66. The minimum atomic E-state index is -0.640. The van der Waals surface area contributed by atoms with Crippen LogP contribution < -0.4 is 10.1 Å². The number of carbonyl (C=O) groups is 1. The normalized spacial score (nSPS) is 17.8. The molecule has 1 atom stereocenters. The van der Waals surface area contributed by atoms with Crippen LogP contribution in [-0.4, -0.2) is 24.9 Å². The van der Waals surface area contributed by atoms with E-state index in [1.54, 1.807) is 0 Å². The zero-order chi connectivity index (χ0) is 12.4. The van der Waals surface area contributed by atoms with Crippen molar-refractivity contribution in [3.63, 3.8) is 0 Å². The molecule has 1 N–H and O–H groups in total. The zero-order valence-corrected chi connectivity index (χ0v) is 9.77. The molecular weight excluding hydrogens is 248 g/mol. The Hall–Kier alpha value is -1.30. The van der Waals surface area contributed by atoms with Gasteiger partial charge in [0.25, 0.3) is 0 Å². The second-order valence-corrected chi connectivity index (χ2v) is 3.96. The Morgan fingerprint density at radius 3 is 2.88 bits per heavy atom. The summed E-state index contributed by atoms with van der Waals surface area (Å²) in [5, 5.41) is 2.45. The van der Waals surface area contributed by atoms with Crippen molar-refractivity contribution in [1.29, 1.82) is 0 Å². The van der Waals surface area contributed by atoms with Gasteiger partial charge in [-0.05, 0) is 12.1 Å². The first kappa shape index (κ1) is 12.2. The molecule has 0 bridgehead atoms. The summed E-state index contributed by atoms with van der Waals surface area (Å²) in [6.45, 7) is -0.759. The van der Waals surface area contributed by atoms with Crippen LogP contribution in [0.1, 0.15) is 11.5 Å². The Morgan fingerprint density at radius 1 is 1.47 bits per heavy atom. The van der Waals surface area contributed by atoms with Gasteiger partial charge in [0.15, 0.2) is 0 Å². The van der Waals surface area contributed by atoms with Gasteiger partial charge in [-0.15, -0.1) is 0 Å². The van der Waals surface area contributed by atoms with Crippen LogP contribution in [0.15, 0.2) is 12.1 Å². The molecule has 2 rings (SSSR count). The highest BCUT2D eigenvalue weighted by Gasteiger charge is 2.34. The van der Waals surface area contributed by atoms with Crippen molar-refractivity contribution >= 4 is 24.2 Å². The highest BCUT2D eigenvalue weighted by molar-refractivity contribution is 7.80. The Balaban J connectivity index is 2.44. The minimum Gasteiger partial charge on any atom is -0.490 e. The van der Waals surface area contributed by atoms with Crippen molar-refractivity contribution in [2.24, 2.45) is 0 Å². The van der Waals surface area contributed by atoms with Crippen molar-refractivity contribution in [3.05, 3.63) is 23.5 Å². The molecule has 0 saturated carbocycles. The summed E-state index contributed by atoms with van der Waals surface area (Å²) in [5.74, 6) is -0.820. The van der Waals surface area contributed by atoms with Crippen LogP contribution in [-0.2, 0) is 4.79 Å². The van der Waals surface area contributed by atoms with Crippen LogP contribution in [0.4, 0.5) is 14.5 Å². The van der Waals surface area contributed by atoms with Gasteiger partial charge in [-0.2, -0.15) is 12.6 Å². The SMILES string of the molecule is O=C1Nc2c(F)ccc(OCCF)c2C1CS. The smallest absolute Gasteiger partial charge is 0.233 e. The van der Waals surface area contributed by atoms with E-state index in [1.165, 1.54) is 12.1 Å². The number of ether oxygens (including phenoxy) is 1. The Morgan fingerprint density at radius 2 is 2.24 bits per heavy atom. The van der Waals surface area contributed by atoms with Gasteiger partial charge in [0, 0.05) is 11.3 Å². The number of hydrogen-bond donors (Lipinski definition) is 2. The lowest BCUT2D eigenvalue weighted by Gasteiger charge is -2.12. The number of halogens is 2. The number of benzene rings is 1. The van der Waals surface area contributed by atoms with Gasteiger partial charge >= 0.3 is 0 Å². The average molecular weight is 259 g/mol. The van der Waals surface area contributed by atoms with Gasteiger partial charge in [-0.25, -0.2) is 8.78 Å². The Labute approximate surface area is 103 Å². The van der Waals surface area contributed by atoms with E-state index in [0.29, 0.717) is 11.3 Å². The molecule has 0 radical (unpaired) electrons. The first-order chi connectivity index (χ1) is 8.19. The maximum atomic E-state index is 13.5. The predicted octanol–water partition coefficient (Wildman–Crippen LogP) is 2.14. The highest BCUT2D eigenvalue weighted by atomic mass is 32.1. The van der Waals surface area contributed by atoms with Gasteiger partial charge in [0.05, 0.1) is 11.6 Å². The van der Waals surface area contributed by atoms with Crippen molar-refractivity contribution < 1.29 is 18.3 Å². The number of alkyl halides is 1. The summed E-state index contributed by atoms with van der Waals surface area (Å²) in [7, 11) is 0. The molecule has 1 aliphatic rings. The van der Waals surface area contributed by atoms with Crippen LogP contribution in [0.25, 0.3) is 0 Å². The summed E-state index contributed by atoms with van der Waals surface area (Å²) >= 11 is 4.06. The number of hydrogen-bond acceptors (Lipinski definition) is 3. The number of carbonyl (C=O) groups excluding carboxylic acids is 1. The molecule has 1 aromatic carbocycles. The first-order valence-electron chi connectivity index (χ1n) is 5.12. The van der Waals surface area contributed by atoms with E-state index in [0.717, 1.165) is 0 Å². The molecule has 17 heavy (non-hydrogen) atoms. The molecule has 0 fully saturated rings. The summed E-state index contributed by atoms with van der Waals surface area (Å²) in [6, 6.07) is 2.59. The van der Waals surface area contributed by atoms with Crippen molar-refractivity contribution in [1.82, 2.24) is 0 Å². The molecule has 6 heteroatoms. The van der Waals surface area contributed by atoms with Gasteiger partial charge < -0.3 is 10.1 Å². The third kappa shape index (κ3) is 2.09. The second kappa shape index (κ2) is 4.91. The molecule has 0 aliphatic carbocycles. The van der Waals surface area contributed by atoms with Crippen molar-refractivity contribution in [3.8, 4) is 5.75 Å². The lowest BCUT2D eigenvalue weighted by atomic mass is 10.0. The summed E-state index contributed by atoms with van der Waals surface area (Å²) in [6.07, 6.45) is 0. The third-order valence-corrected chi connectivity index (χ3v) is 2.95. The van der Waals surface area contributed by atoms with E-state index < -0.39 is 18.4 Å². The monoisotopic (exact) mass is 259 g/mol. The number of fused-ring (bicyclic) bond motifs is 1. The van der Waals surface area contributed by atoms with Gasteiger partial charge in [-0.1, -0.05) is 0 Å². The number of nitrogens with one attached hydrogen (secondary N) is 1. The van der Waals surface area contributed by atoms with Gasteiger partial charge in [0.2, 0.25) is 5.91 Å². The maximum absolute atomic E-state index is 13.5. The van der Waals surface area contributed by atoms with Gasteiger partial charge in [0.1, 0.15) is 24.8 Å². The fraction of sp³-hybridized carbons (Fsp3) is 0.364. The van der Waals surface area contributed by atoms with E-state index in [2.05, 4.69) is 17.9 Å². The third-order valence-electron chi connectivity index (χ3n) is 2.59. The van der Waals surface area contributed by atoms with E-state index in [1.807, 2.05) is 0 Å². The summed E-state index contributed by atoms with van der Waals surface area (Å²) < 4.78 is 30.7. The van der Waals surface area contributed by atoms with Crippen LogP contribution in [0.5, 0.6) is 5.75 Å². The topological polar surface area (TPSA) is 38.3 Å². The Kier molecular flexibility index (Phi) is 3.51. The molecule has 0 saturated heterocycles. The number of amides is 1. The number of rotatable bonds is 4. The molecule has 1 amide bonds. The molecule has 3 nitrogen and oxygen atoms in total. The standard InChI is InChI=1S/C11H11F2NO2S/c12-3-4-16-8-2-1-7(13)10-9(8)6(5-17)11(15)14-10/h1-2,6,17H,3-5H2,(H,14,15). The maximum Gasteiger partial charge on any atom is 0.233 e. The molecule has 1 aromatic rings. The molecular formula is C11H11F2NO2S. The molecule has 0 spiro atoms. The molecule has 1 unspecified atom stereocenters. The first-order valence-corrected chi connectivity index (χ1v) is 5.75. The second-order valence-electron chi connectivity index (χ2n) is 3.60. The largest absolute Gasteiger partial charge is 0.490 e. The van der Waals surface area contributed by atoms with Crippen LogP contribution in [0.3, 0.4) is 0 Å². The van der Waals surface area contributed by atoms with Crippen molar-refractivity contribution in [2.75, 3.05) is 24.4 Å². The molecule has 1 aliphatic heterocycles. The van der Waals surface area contributed by atoms with Crippen LogP contribution in [0.2, 0.25) is 0 Å². The molecule has 1 heterocycles. The fourth-order valence-electron chi connectivity index (χ4n) is 1.84. The van der Waals surface area contributed by atoms with E-state index in [-0.39, 0.29) is 24.0 Å². The summed E-state index contributed by atoms with van der Waals surface area (Å²) in [4.78, 5) is 11.6. The van der Waals surface area contributed by atoms with E-state index in [9.17, 15) is 13.6 Å². The van der Waals surface area contributed by atoms with Crippen LogP contribution >= 0.6 is 12.6 Å². The number of thiol groups is 1. The lowest BCUT2D eigenvalue weighted by molar-refractivity contribution is -0.116. The molecule has 0 aromatic heterocycles. The van der Waals surface area contributed by atoms with E-state index in [4.69, 9.17) is 4.74 Å². The highest BCUT2D eigenvalue weighted by Crippen LogP contribution is 2.41. The predicted molar refractivity (Wildman–Crippen MR) is 63.1 cm³/mol. The van der Waals surface area contributed by atoms with Gasteiger partial charge in [-0.3, -0.25) is 4.79 Å². The Bertz CT molecular complexity index is 453. The zero-order valence-electron chi connectivity index (χ0n) is 8.87. The molecule has 92 valence electrons.